The fourth-order valence-corrected chi connectivity index (χ4v) is 2.84. The molecule has 1 aromatic carbocycles. The highest BCUT2D eigenvalue weighted by Crippen LogP contribution is 2.20. The Bertz CT molecular complexity index is 1350. The van der Waals surface area contributed by atoms with E-state index in [1.54, 1.807) is 6.92 Å². The van der Waals surface area contributed by atoms with Gasteiger partial charge in [-0.2, -0.15) is 5.10 Å². The molecule has 154 valence electrons. The Labute approximate surface area is 167 Å². The van der Waals surface area contributed by atoms with Crippen LogP contribution in [0.1, 0.15) is 21.6 Å². The van der Waals surface area contributed by atoms with Crippen molar-refractivity contribution in [1.82, 2.24) is 19.5 Å². The van der Waals surface area contributed by atoms with E-state index in [9.17, 15) is 29.6 Å². The van der Waals surface area contributed by atoms with Crippen LogP contribution in [-0.2, 0) is 14.1 Å². The number of rotatable bonds is 4. The molecule has 12 heteroatoms. The van der Waals surface area contributed by atoms with Crippen LogP contribution < -0.4 is 16.7 Å². The zero-order valence-electron chi connectivity index (χ0n) is 16.1. The number of benzene rings is 1. The summed E-state index contributed by atoms with van der Waals surface area (Å²) in [5.41, 5.74) is 1.45. The molecule has 0 spiro atoms. The second-order valence-electron chi connectivity index (χ2n) is 6.44. The maximum atomic E-state index is 12.5. The molecular weight excluding hydrogens is 396 g/mol. The molecular formula is C18H16N6O6. The summed E-state index contributed by atoms with van der Waals surface area (Å²) in [4.78, 5) is 51.3. The number of nitrogens with zero attached hydrogens (tertiary/aromatic N) is 5. The number of non-ortho nitro benzene ring substituents is 1. The average molecular weight is 412 g/mol. The van der Waals surface area contributed by atoms with Gasteiger partial charge in [-0.3, -0.25) is 28.8 Å². The van der Waals surface area contributed by atoms with Crippen LogP contribution in [0.2, 0.25) is 0 Å². The number of nitro benzene ring substituents is 1. The number of amides is 1. The third kappa shape index (κ3) is 3.65. The van der Waals surface area contributed by atoms with Crippen molar-refractivity contribution in [3.63, 3.8) is 0 Å². The highest BCUT2D eigenvalue weighted by molar-refractivity contribution is 5.98. The van der Waals surface area contributed by atoms with Crippen LogP contribution >= 0.6 is 0 Å². The molecule has 0 saturated heterocycles. The number of phenolic OH excluding ortho intramolecular Hbond substituents is 1. The normalized spacial score (nSPS) is 11.2. The summed E-state index contributed by atoms with van der Waals surface area (Å²) in [7, 11) is 2.79. The van der Waals surface area contributed by atoms with Gasteiger partial charge in [-0.15, -0.1) is 0 Å². The van der Waals surface area contributed by atoms with E-state index in [0.29, 0.717) is 0 Å². The lowest BCUT2D eigenvalue weighted by atomic mass is 10.1. The molecule has 1 amide bonds. The van der Waals surface area contributed by atoms with E-state index in [1.807, 2.05) is 0 Å². The lowest BCUT2D eigenvalue weighted by molar-refractivity contribution is -0.384. The number of aryl methyl sites for hydroxylation is 2. The molecule has 2 heterocycles. The van der Waals surface area contributed by atoms with Gasteiger partial charge in [0.25, 0.3) is 17.2 Å². The van der Waals surface area contributed by atoms with Crippen LogP contribution in [0.3, 0.4) is 0 Å². The van der Waals surface area contributed by atoms with Crippen molar-refractivity contribution in [2.24, 2.45) is 19.2 Å². The minimum absolute atomic E-state index is 0.0669. The molecule has 0 fully saturated rings. The highest BCUT2D eigenvalue weighted by atomic mass is 16.6. The first-order valence-electron chi connectivity index (χ1n) is 8.49. The summed E-state index contributed by atoms with van der Waals surface area (Å²) in [5.74, 6) is -1.00. The minimum Gasteiger partial charge on any atom is -0.508 e. The smallest absolute Gasteiger partial charge is 0.332 e. The predicted molar refractivity (Wildman–Crippen MR) is 107 cm³/mol. The van der Waals surface area contributed by atoms with Gasteiger partial charge in [0.1, 0.15) is 11.4 Å². The summed E-state index contributed by atoms with van der Waals surface area (Å²) >= 11 is 0. The fourth-order valence-electron chi connectivity index (χ4n) is 2.84. The third-order valence-electron chi connectivity index (χ3n) is 4.38. The lowest BCUT2D eigenvalue weighted by Gasteiger charge is -2.10. The number of pyridine rings is 1. The molecule has 0 aliphatic heterocycles. The number of aromatic hydroxyl groups is 1. The van der Waals surface area contributed by atoms with Crippen LogP contribution in [-0.4, -0.2) is 36.3 Å². The van der Waals surface area contributed by atoms with Crippen LogP contribution in [0.25, 0.3) is 11.0 Å². The van der Waals surface area contributed by atoms with Gasteiger partial charge in [-0.1, -0.05) is 0 Å². The monoisotopic (exact) mass is 412 g/mol. The van der Waals surface area contributed by atoms with Gasteiger partial charge in [-0.25, -0.2) is 15.2 Å². The van der Waals surface area contributed by atoms with E-state index in [2.05, 4.69) is 15.5 Å². The number of carbonyl (C=O) groups is 1. The van der Waals surface area contributed by atoms with Crippen molar-refractivity contribution >= 4 is 28.8 Å². The second kappa shape index (κ2) is 7.58. The molecule has 0 bridgehead atoms. The number of carbonyl (C=O) groups excluding carboxylic acids is 1. The zero-order chi connectivity index (χ0) is 22.2. The SMILES string of the molecule is Cc1nc2c(cc1C(=O)NN=Cc1cc(O)cc([N+](=O)[O-])c1)c(=O)n(C)c(=O)n2C. The van der Waals surface area contributed by atoms with Gasteiger partial charge in [0.15, 0.2) is 0 Å². The van der Waals surface area contributed by atoms with Gasteiger partial charge in [0, 0.05) is 25.7 Å². The Morgan fingerprint density at radius 3 is 2.60 bits per heavy atom. The van der Waals surface area contributed by atoms with E-state index in [4.69, 9.17) is 0 Å². The highest BCUT2D eigenvalue weighted by Gasteiger charge is 2.16. The molecule has 0 unspecified atom stereocenters. The largest absolute Gasteiger partial charge is 0.508 e. The summed E-state index contributed by atoms with van der Waals surface area (Å²) in [6.07, 6.45) is 1.12. The van der Waals surface area contributed by atoms with E-state index >= 15 is 0 Å². The Morgan fingerprint density at radius 2 is 1.93 bits per heavy atom. The van der Waals surface area contributed by atoms with Crippen LogP contribution in [0.15, 0.2) is 39.0 Å². The van der Waals surface area contributed by atoms with E-state index < -0.39 is 22.1 Å². The molecule has 2 aromatic heterocycles. The first kappa shape index (κ1) is 20.4. The molecule has 12 nitrogen and oxygen atoms in total. The number of phenols is 1. The molecule has 0 atom stereocenters. The number of nitrogens with one attached hydrogen (secondary N) is 1. The van der Waals surface area contributed by atoms with Gasteiger partial charge < -0.3 is 5.11 Å². The summed E-state index contributed by atoms with van der Waals surface area (Å²) in [6, 6.07) is 4.70. The Hall–Kier alpha value is -4.35. The van der Waals surface area contributed by atoms with Crippen molar-refractivity contribution in [3.05, 3.63) is 72.0 Å². The number of hydrogen-bond donors (Lipinski definition) is 2. The number of hydrazone groups is 1. The maximum Gasteiger partial charge on any atom is 0.332 e. The number of fused-ring (bicyclic) bond motifs is 1. The topological polar surface area (TPSA) is 162 Å². The number of hydrogen-bond acceptors (Lipinski definition) is 8. The molecule has 3 rings (SSSR count). The van der Waals surface area contributed by atoms with Gasteiger partial charge in [0.2, 0.25) is 0 Å². The molecule has 0 saturated carbocycles. The maximum absolute atomic E-state index is 12.5. The van der Waals surface area contributed by atoms with Gasteiger partial charge in [-0.05, 0) is 19.1 Å². The van der Waals surface area contributed by atoms with Crippen molar-refractivity contribution in [2.45, 2.75) is 6.92 Å². The summed E-state index contributed by atoms with van der Waals surface area (Å²) < 4.78 is 2.12. The first-order chi connectivity index (χ1) is 14.1. The Morgan fingerprint density at radius 1 is 1.23 bits per heavy atom. The quantitative estimate of drug-likeness (QED) is 0.354. The minimum atomic E-state index is -0.677. The number of aromatic nitrogens is 3. The summed E-state index contributed by atoms with van der Waals surface area (Å²) in [5, 5.41) is 24.2. The van der Waals surface area contributed by atoms with Crippen LogP contribution in [0.4, 0.5) is 5.69 Å². The molecule has 3 aromatic rings. The molecule has 0 aliphatic rings. The van der Waals surface area contributed by atoms with Crippen molar-refractivity contribution in [3.8, 4) is 5.75 Å². The van der Waals surface area contributed by atoms with E-state index in [0.717, 1.165) is 16.8 Å². The van der Waals surface area contributed by atoms with E-state index in [1.165, 1.54) is 36.9 Å². The lowest BCUT2D eigenvalue weighted by Crippen LogP contribution is -2.37. The fraction of sp³-hybridized carbons (Fsp3) is 0.167. The molecule has 0 radical (unpaired) electrons. The van der Waals surface area contributed by atoms with Crippen molar-refractivity contribution in [2.75, 3.05) is 0 Å². The first-order valence-corrected chi connectivity index (χ1v) is 8.49. The van der Waals surface area contributed by atoms with E-state index in [-0.39, 0.29) is 39.3 Å². The second-order valence-corrected chi connectivity index (χ2v) is 6.44. The van der Waals surface area contributed by atoms with Gasteiger partial charge >= 0.3 is 5.69 Å². The number of nitro groups is 1. The average Bonchev–Trinajstić information content (AvgIpc) is 2.69. The van der Waals surface area contributed by atoms with Crippen LogP contribution in [0, 0.1) is 17.0 Å². The zero-order valence-corrected chi connectivity index (χ0v) is 16.1. The standard InChI is InChI=1S/C18H16N6O6/c1-9-13(7-14-15(20-9)22(2)18(28)23(3)17(14)27)16(26)21-19-8-10-4-11(24(29)30)6-12(25)5-10/h4-8,25H,1-3H3,(H,21,26). The Kier molecular flexibility index (Phi) is 5.15. The predicted octanol–water partition coefficient (Wildman–Crippen LogP) is 0.318. The Balaban J connectivity index is 1.93. The molecule has 2 N–H and O–H groups in total. The summed E-state index contributed by atoms with van der Waals surface area (Å²) in [6.45, 7) is 1.54. The van der Waals surface area contributed by atoms with Gasteiger partial charge in [0.05, 0.1) is 33.8 Å². The molecule has 0 aliphatic carbocycles. The third-order valence-corrected chi connectivity index (χ3v) is 4.38. The van der Waals surface area contributed by atoms with Crippen molar-refractivity contribution < 1.29 is 14.8 Å². The van der Waals surface area contributed by atoms with Crippen LogP contribution in [0.5, 0.6) is 5.75 Å². The molecule has 30 heavy (non-hydrogen) atoms. The van der Waals surface area contributed by atoms with Crippen molar-refractivity contribution in [1.29, 1.82) is 0 Å².